The second-order valence-corrected chi connectivity index (χ2v) is 5.55. The van der Waals surface area contributed by atoms with Crippen LogP contribution < -0.4 is 5.73 Å². The highest BCUT2D eigenvalue weighted by Crippen LogP contribution is 2.22. The Kier molecular flexibility index (Phi) is 4.85. The van der Waals surface area contributed by atoms with Gasteiger partial charge in [0.2, 0.25) is 0 Å². The molecule has 114 valence electrons. The predicted octanol–water partition coefficient (Wildman–Crippen LogP) is 2.16. The summed E-state index contributed by atoms with van der Waals surface area (Å²) < 4.78 is 0. The van der Waals surface area contributed by atoms with Gasteiger partial charge in [0, 0.05) is 35.9 Å². The average Bonchev–Trinajstić information content (AvgIpc) is 2.85. The van der Waals surface area contributed by atoms with Crippen molar-refractivity contribution in [3.63, 3.8) is 0 Å². The van der Waals surface area contributed by atoms with Crippen LogP contribution in [0.5, 0.6) is 0 Å². The monoisotopic (exact) mass is 288 g/mol. The van der Waals surface area contributed by atoms with E-state index in [0.717, 1.165) is 30.4 Å². The Bertz CT molecular complexity index is 618. The third-order valence-corrected chi connectivity index (χ3v) is 3.64. The van der Waals surface area contributed by atoms with Crippen LogP contribution in [0.3, 0.4) is 0 Å². The van der Waals surface area contributed by atoms with Crippen LogP contribution in [-0.2, 0) is 0 Å². The lowest BCUT2D eigenvalue weighted by atomic mass is 10.1. The van der Waals surface area contributed by atoms with Crippen LogP contribution >= 0.6 is 0 Å². The fourth-order valence-electron chi connectivity index (χ4n) is 2.47. The molecule has 21 heavy (non-hydrogen) atoms. The number of nitrogens with one attached hydrogen (secondary N) is 1. The van der Waals surface area contributed by atoms with Gasteiger partial charge in [0.25, 0.3) is 5.91 Å². The summed E-state index contributed by atoms with van der Waals surface area (Å²) in [7, 11) is 4.08. The standard InChI is InChI=1S/C16H24N4O/c1-4-20(9-5-8-19(2)3)16(21)14-11-18-15-7-6-12(17)10-13(14)15/h6-7,10-11,18H,4-5,8-9,17H2,1-3H3. The van der Waals surface area contributed by atoms with Crippen LogP contribution in [-0.4, -0.2) is 54.4 Å². The molecule has 1 aromatic heterocycles. The zero-order valence-electron chi connectivity index (χ0n) is 13.0. The third-order valence-electron chi connectivity index (χ3n) is 3.64. The predicted molar refractivity (Wildman–Crippen MR) is 87.5 cm³/mol. The highest BCUT2D eigenvalue weighted by Gasteiger charge is 2.17. The normalized spacial score (nSPS) is 11.2. The van der Waals surface area contributed by atoms with Crippen molar-refractivity contribution >= 4 is 22.5 Å². The van der Waals surface area contributed by atoms with E-state index in [1.165, 1.54) is 0 Å². The van der Waals surface area contributed by atoms with Gasteiger partial charge in [0.15, 0.2) is 0 Å². The second kappa shape index (κ2) is 6.63. The maximum atomic E-state index is 12.7. The molecular formula is C16H24N4O. The van der Waals surface area contributed by atoms with Gasteiger partial charge in [-0.2, -0.15) is 0 Å². The minimum atomic E-state index is 0.0631. The van der Waals surface area contributed by atoms with Gasteiger partial charge in [-0.05, 0) is 52.2 Å². The molecule has 5 heteroatoms. The Hall–Kier alpha value is -2.01. The Morgan fingerprint density at radius 2 is 2.05 bits per heavy atom. The van der Waals surface area contributed by atoms with E-state index in [1.54, 1.807) is 6.20 Å². The van der Waals surface area contributed by atoms with Crippen LogP contribution in [0.2, 0.25) is 0 Å². The zero-order chi connectivity index (χ0) is 15.4. The van der Waals surface area contributed by atoms with Gasteiger partial charge < -0.3 is 20.5 Å². The van der Waals surface area contributed by atoms with Gasteiger partial charge in [-0.25, -0.2) is 0 Å². The lowest BCUT2D eigenvalue weighted by Gasteiger charge is -2.21. The molecule has 1 heterocycles. The average molecular weight is 288 g/mol. The molecule has 0 saturated heterocycles. The number of fused-ring (bicyclic) bond motifs is 1. The number of rotatable bonds is 6. The number of aromatic nitrogens is 1. The first-order valence-electron chi connectivity index (χ1n) is 7.33. The summed E-state index contributed by atoms with van der Waals surface area (Å²) >= 11 is 0. The van der Waals surface area contributed by atoms with Crippen molar-refractivity contribution in [1.82, 2.24) is 14.8 Å². The summed E-state index contributed by atoms with van der Waals surface area (Å²) in [6, 6.07) is 5.60. The maximum Gasteiger partial charge on any atom is 0.256 e. The smallest absolute Gasteiger partial charge is 0.256 e. The quantitative estimate of drug-likeness (QED) is 0.801. The number of hydrogen-bond donors (Lipinski definition) is 2. The number of hydrogen-bond acceptors (Lipinski definition) is 3. The summed E-state index contributed by atoms with van der Waals surface area (Å²) in [6.45, 7) is 4.46. The molecule has 5 nitrogen and oxygen atoms in total. The summed E-state index contributed by atoms with van der Waals surface area (Å²) in [5, 5.41) is 0.894. The summed E-state index contributed by atoms with van der Waals surface area (Å²) in [5.74, 6) is 0.0631. The van der Waals surface area contributed by atoms with Gasteiger partial charge in [-0.3, -0.25) is 4.79 Å². The third kappa shape index (κ3) is 3.55. The number of nitrogens with zero attached hydrogens (tertiary/aromatic N) is 2. The molecule has 1 amide bonds. The lowest BCUT2D eigenvalue weighted by Crippen LogP contribution is -2.33. The molecule has 0 aliphatic rings. The molecule has 0 aliphatic heterocycles. The van der Waals surface area contributed by atoms with Crippen molar-refractivity contribution in [1.29, 1.82) is 0 Å². The number of aromatic amines is 1. The topological polar surface area (TPSA) is 65.4 Å². The SMILES string of the molecule is CCN(CCCN(C)C)C(=O)c1c[nH]c2ccc(N)cc12. The zero-order valence-corrected chi connectivity index (χ0v) is 13.0. The van der Waals surface area contributed by atoms with Gasteiger partial charge in [0.1, 0.15) is 0 Å². The second-order valence-electron chi connectivity index (χ2n) is 5.55. The summed E-state index contributed by atoms with van der Waals surface area (Å²) in [6.07, 6.45) is 2.75. The molecule has 0 bridgehead atoms. The van der Waals surface area contributed by atoms with E-state index in [-0.39, 0.29) is 5.91 Å². The minimum Gasteiger partial charge on any atom is -0.399 e. The van der Waals surface area contributed by atoms with E-state index in [4.69, 9.17) is 5.73 Å². The first kappa shape index (κ1) is 15.4. The maximum absolute atomic E-state index is 12.7. The first-order chi connectivity index (χ1) is 10.0. The van der Waals surface area contributed by atoms with Crippen LogP contribution in [0.4, 0.5) is 5.69 Å². The van der Waals surface area contributed by atoms with Crippen molar-refractivity contribution in [2.24, 2.45) is 0 Å². The molecule has 0 atom stereocenters. The van der Waals surface area contributed by atoms with Crippen molar-refractivity contribution in [3.8, 4) is 0 Å². The van der Waals surface area contributed by atoms with Gasteiger partial charge >= 0.3 is 0 Å². The highest BCUT2D eigenvalue weighted by molar-refractivity contribution is 6.07. The van der Waals surface area contributed by atoms with Crippen molar-refractivity contribution in [2.75, 3.05) is 39.5 Å². The highest BCUT2D eigenvalue weighted by atomic mass is 16.2. The largest absolute Gasteiger partial charge is 0.399 e. The van der Waals surface area contributed by atoms with Crippen LogP contribution in [0.15, 0.2) is 24.4 Å². The van der Waals surface area contributed by atoms with Gasteiger partial charge in [-0.1, -0.05) is 0 Å². The molecule has 0 fully saturated rings. The number of anilines is 1. The fourth-order valence-corrected chi connectivity index (χ4v) is 2.47. The fraction of sp³-hybridized carbons (Fsp3) is 0.438. The summed E-state index contributed by atoms with van der Waals surface area (Å²) in [4.78, 5) is 19.8. The van der Waals surface area contributed by atoms with Crippen LogP contribution in [0.1, 0.15) is 23.7 Å². The molecule has 0 spiro atoms. The number of H-pyrrole nitrogens is 1. The molecule has 1 aromatic carbocycles. The van der Waals surface area contributed by atoms with Crippen molar-refractivity contribution < 1.29 is 4.79 Å². The number of nitrogen functional groups attached to an aromatic ring is 1. The van der Waals surface area contributed by atoms with Crippen LogP contribution in [0.25, 0.3) is 10.9 Å². The van der Waals surface area contributed by atoms with Crippen molar-refractivity contribution in [3.05, 3.63) is 30.0 Å². The number of nitrogens with two attached hydrogens (primary N) is 1. The lowest BCUT2D eigenvalue weighted by molar-refractivity contribution is 0.0761. The van der Waals surface area contributed by atoms with E-state index in [2.05, 4.69) is 9.88 Å². The molecule has 2 aromatic rings. The van der Waals surface area contributed by atoms with Gasteiger partial charge in [0.05, 0.1) is 5.56 Å². The molecular weight excluding hydrogens is 264 g/mol. The Morgan fingerprint density at radius 3 is 2.71 bits per heavy atom. The molecule has 3 N–H and O–H groups in total. The van der Waals surface area contributed by atoms with E-state index in [1.807, 2.05) is 44.1 Å². The van der Waals surface area contributed by atoms with Crippen molar-refractivity contribution in [2.45, 2.75) is 13.3 Å². The minimum absolute atomic E-state index is 0.0631. The number of carbonyl (C=O) groups excluding carboxylic acids is 1. The molecule has 0 radical (unpaired) electrons. The first-order valence-corrected chi connectivity index (χ1v) is 7.33. The van der Waals surface area contributed by atoms with E-state index in [9.17, 15) is 4.79 Å². The van der Waals surface area contributed by atoms with E-state index >= 15 is 0 Å². The Labute approximate surface area is 125 Å². The molecule has 0 unspecified atom stereocenters. The van der Waals surface area contributed by atoms with E-state index < -0.39 is 0 Å². The number of carbonyl (C=O) groups is 1. The van der Waals surface area contributed by atoms with Gasteiger partial charge in [-0.15, -0.1) is 0 Å². The molecule has 0 aliphatic carbocycles. The molecule has 0 saturated carbocycles. The van der Waals surface area contributed by atoms with Crippen LogP contribution in [0, 0.1) is 0 Å². The number of benzene rings is 1. The Morgan fingerprint density at radius 1 is 1.29 bits per heavy atom. The Balaban J connectivity index is 2.17. The van der Waals surface area contributed by atoms with E-state index in [0.29, 0.717) is 17.8 Å². The molecule has 2 rings (SSSR count). The number of amides is 1. The summed E-state index contributed by atoms with van der Waals surface area (Å²) in [5.41, 5.74) is 8.14.